The molecule has 0 atom stereocenters. The van der Waals surface area contributed by atoms with Crippen molar-refractivity contribution in [2.24, 2.45) is 0 Å². The maximum absolute atomic E-state index is 10.6. The highest BCUT2D eigenvalue weighted by Gasteiger charge is 2.06. The van der Waals surface area contributed by atoms with Gasteiger partial charge in [-0.15, -0.1) is 0 Å². The number of rotatable bonds is 3. The highest BCUT2D eigenvalue weighted by molar-refractivity contribution is 9.10. The van der Waals surface area contributed by atoms with E-state index < -0.39 is 0 Å². The minimum absolute atomic E-state index is 0.610. The number of aromatic nitrogens is 1. The van der Waals surface area contributed by atoms with E-state index in [9.17, 15) is 4.79 Å². The molecular formula is C13H10BrNOS. The monoisotopic (exact) mass is 307 g/mol. The number of nitrogens with zero attached hydrogens (tertiary/aromatic N) is 1. The van der Waals surface area contributed by atoms with Crippen molar-refractivity contribution in [2.45, 2.75) is 16.8 Å². The largest absolute Gasteiger partial charge is 0.298 e. The first-order valence-corrected chi connectivity index (χ1v) is 6.66. The van der Waals surface area contributed by atoms with Crippen LogP contribution < -0.4 is 0 Å². The molecule has 0 fully saturated rings. The number of hydrogen-bond donors (Lipinski definition) is 0. The Kier molecular flexibility index (Phi) is 3.97. The van der Waals surface area contributed by atoms with E-state index in [-0.39, 0.29) is 0 Å². The fourth-order valence-corrected chi connectivity index (χ4v) is 2.76. The topological polar surface area (TPSA) is 30.0 Å². The van der Waals surface area contributed by atoms with Gasteiger partial charge in [-0.05, 0) is 46.6 Å². The van der Waals surface area contributed by atoms with Gasteiger partial charge in [-0.3, -0.25) is 4.79 Å². The van der Waals surface area contributed by atoms with E-state index in [1.165, 1.54) is 0 Å². The minimum Gasteiger partial charge on any atom is -0.298 e. The van der Waals surface area contributed by atoms with Gasteiger partial charge in [0.15, 0.2) is 6.29 Å². The van der Waals surface area contributed by atoms with E-state index in [1.54, 1.807) is 18.0 Å². The Bertz CT molecular complexity index is 557. The molecule has 86 valence electrons. The van der Waals surface area contributed by atoms with Crippen LogP contribution in [0.15, 0.2) is 50.9 Å². The van der Waals surface area contributed by atoms with Gasteiger partial charge in [-0.2, -0.15) is 0 Å². The average Bonchev–Trinajstić information content (AvgIpc) is 2.34. The Morgan fingerprint density at radius 1 is 1.35 bits per heavy atom. The summed E-state index contributed by atoms with van der Waals surface area (Å²) < 4.78 is 1.05. The van der Waals surface area contributed by atoms with Crippen molar-refractivity contribution in [3.63, 3.8) is 0 Å². The molecule has 1 heterocycles. The van der Waals surface area contributed by atoms with Crippen LogP contribution in [0.3, 0.4) is 0 Å². The first-order chi connectivity index (χ1) is 8.20. The molecule has 0 aliphatic rings. The van der Waals surface area contributed by atoms with Crippen LogP contribution in [0.2, 0.25) is 0 Å². The third-order valence-corrected chi connectivity index (χ3v) is 4.38. The number of aldehydes is 1. The minimum atomic E-state index is 0.610. The lowest BCUT2D eigenvalue weighted by Gasteiger charge is -2.06. The zero-order valence-corrected chi connectivity index (χ0v) is 11.6. The molecule has 1 aromatic heterocycles. The molecule has 0 aliphatic heterocycles. The van der Waals surface area contributed by atoms with Crippen molar-refractivity contribution >= 4 is 34.0 Å². The fraction of sp³-hybridized carbons (Fsp3) is 0.0769. The predicted molar refractivity (Wildman–Crippen MR) is 72.6 cm³/mol. The van der Waals surface area contributed by atoms with E-state index in [1.807, 2.05) is 37.3 Å². The van der Waals surface area contributed by atoms with Crippen LogP contribution in [0.5, 0.6) is 0 Å². The van der Waals surface area contributed by atoms with E-state index >= 15 is 0 Å². The Hall–Kier alpha value is -1.13. The summed E-state index contributed by atoms with van der Waals surface area (Å²) in [7, 11) is 0. The number of pyridine rings is 1. The zero-order chi connectivity index (χ0) is 12.3. The van der Waals surface area contributed by atoms with Gasteiger partial charge in [0.05, 0.1) is 0 Å². The van der Waals surface area contributed by atoms with Gasteiger partial charge in [-0.1, -0.05) is 23.9 Å². The SMILES string of the molecule is Cc1cc(C=O)cnc1Sc1ccccc1Br. The maximum atomic E-state index is 10.6. The summed E-state index contributed by atoms with van der Waals surface area (Å²) in [5, 5.41) is 0.919. The van der Waals surface area contributed by atoms with Gasteiger partial charge in [0.25, 0.3) is 0 Å². The second-order valence-electron chi connectivity index (χ2n) is 3.54. The quantitative estimate of drug-likeness (QED) is 0.799. The third-order valence-electron chi connectivity index (χ3n) is 2.23. The Labute approximate surface area is 113 Å². The van der Waals surface area contributed by atoms with E-state index in [0.717, 1.165) is 26.2 Å². The number of carbonyl (C=O) groups excluding carboxylic acids is 1. The van der Waals surface area contributed by atoms with Crippen molar-refractivity contribution in [1.29, 1.82) is 0 Å². The molecule has 1 aromatic carbocycles. The summed E-state index contributed by atoms with van der Waals surface area (Å²) in [4.78, 5) is 16.0. The Balaban J connectivity index is 2.31. The molecule has 2 nitrogen and oxygen atoms in total. The molecule has 0 saturated heterocycles. The zero-order valence-electron chi connectivity index (χ0n) is 9.18. The molecule has 0 spiro atoms. The van der Waals surface area contributed by atoms with Crippen molar-refractivity contribution in [3.05, 3.63) is 52.1 Å². The number of carbonyl (C=O) groups is 1. The van der Waals surface area contributed by atoms with Crippen LogP contribution in [0.4, 0.5) is 0 Å². The standard InChI is InChI=1S/C13H10BrNOS/c1-9-6-10(8-16)7-15-13(9)17-12-5-3-2-4-11(12)14/h2-8H,1H3. The molecule has 4 heteroatoms. The first kappa shape index (κ1) is 12.3. The molecule has 0 unspecified atom stereocenters. The van der Waals surface area contributed by atoms with Gasteiger partial charge >= 0.3 is 0 Å². The normalized spacial score (nSPS) is 10.2. The van der Waals surface area contributed by atoms with Crippen LogP contribution in [0.25, 0.3) is 0 Å². The Morgan fingerprint density at radius 3 is 2.76 bits per heavy atom. The number of aryl methyl sites for hydroxylation is 1. The van der Waals surface area contributed by atoms with Gasteiger partial charge in [0.2, 0.25) is 0 Å². The molecule has 0 aliphatic carbocycles. The summed E-state index contributed by atoms with van der Waals surface area (Å²) in [5.41, 5.74) is 1.62. The second-order valence-corrected chi connectivity index (χ2v) is 5.43. The molecule has 0 amide bonds. The van der Waals surface area contributed by atoms with E-state index in [2.05, 4.69) is 20.9 Å². The summed E-state index contributed by atoms with van der Waals surface area (Å²) in [6.07, 6.45) is 2.41. The molecule has 0 radical (unpaired) electrons. The lowest BCUT2D eigenvalue weighted by Crippen LogP contribution is -1.89. The summed E-state index contributed by atoms with van der Waals surface area (Å²) in [6.45, 7) is 1.96. The van der Waals surface area contributed by atoms with Gasteiger partial charge in [-0.25, -0.2) is 4.98 Å². The fourth-order valence-electron chi connectivity index (χ4n) is 1.39. The molecule has 0 bridgehead atoms. The smallest absolute Gasteiger partial charge is 0.151 e. The average molecular weight is 308 g/mol. The summed E-state index contributed by atoms with van der Waals surface area (Å²) in [5.74, 6) is 0. The molecule has 0 saturated carbocycles. The lowest BCUT2D eigenvalue weighted by atomic mass is 10.2. The van der Waals surface area contributed by atoms with Crippen molar-refractivity contribution in [2.75, 3.05) is 0 Å². The first-order valence-electron chi connectivity index (χ1n) is 5.05. The molecule has 2 aromatic rings. The highest BCUT2D eigenvalue weighted by Crippen LogP contribution is 2.33. The van der Waals surface area contributed by atoms with Crippen molar-refractivity contribution in [3.8, 4) is 0 Å². The molecular weight excluding hydrogens is 298 g/mol. The number of benzene rings is 1. The van der Waals surface area contributed by atoms with Crippen LogP contribution >= 0.6 is 27.7 Å². The maximum Gasteiger partial charge on any atom is 0.151 e. The highest BCUT2D eigenvalue weighted by atomic mass is 79.9. The van der Waals surface area contributed by atoms with Crippen LogP contribution in [-0.2, 0) is 0 Å². The molecule has 17 heavy (non-hydrogen) atoms. The van der Waals surface area contributed by atoms with Crippen molar-refractivity contribution < 1.29 is 4.79 Å². The third kappa shape index (κ3) is 2.96. The van der Waals surface area contributed by atoms with Gasteiger partial charge in [0.1, 0.15) is 5.03 Å². The van der Waals surface area contributed by atoms with Crippen molar-refractivity contribution in [1.82, 2.24) is 4.98 Å². The second kappa shape index (κ2) is 5.47. The predicted octanol–water partition coefficient (Wildman–Crippen LogP) is 4.12. The van der Waals surface area contributed by atoms with E-state index in [4.69, 9.17) is 0 Å². The number of hydrogen-bond acceptors (Lipinski definition) is 3. The number of halogens is 1. The molecule has 0 N–H and O–H groups in total. The summed E-state index contributed by atoms with van der Waals surface area (Å²) >= 11 is 5.09. The van der Waals surface area contributed by atoms with E-state index in [0.29, 0.717) is 5.56 Å². The molecule has 2 rings (SSSR count). The summed E-state index contributed by atoms with van der Waals surface area (Å²) in [6, 6.07) is 9.84. The van der Waals surface area contributed by atoms with Gasteiger partial charge < -0.3 is 0 Å². The van der Waals surface area contributed by atoms with Crippen LogP contribution in [-0.4, -0.2) is 11.3 Å². The Morgan fingerprint density at radius 2 is 2.12 bits per heavy atom. The lowest BCUT2D eigenvalue weighted by molar-refractivity contribution is 0.112. The van der Waals surface area contributed by atoms with Crippen LogP contribution in [0.1, 0.15) is 15.9 Å². The van der Waals surface area contributed by atoms with Gasteiger partial charge in [0, 0.05) is 21.1 Å². The van der Waals surface area contributed by atoms with Crippen LogP contribution in [0, 0.1) is 6.92 Å².